The molecule has 162 valence electrons. The van der Waals surface area contributed by atoms with Crippen LogP contribution in [0.15, 0.2) is 6.08 Å². The third-order valence-electron chi connectivity index (χ3n) is 4.68. The molecule has 5 N–H and O–H groups in total. The summed E-state index contributed by atoms with van der Waals surface area (Å²) in [5.41, 5.74) is 6.15. The maximum atomic E-state index is 12.6. The Balaban J connectivity index is 3.05. The Bertz CT molecular complexity index is 813. The van der Waals surface area contributed by atoms with E-state index in [-0.39, 0.29) is 30.4 Å². The number of hydrogen-bond acceptors (Lipinski definition) is 6. The number of allylic oxidation sites excluding steroid dienone is 1. The molecule has 1 aromatic heterocycles. The van der Waals surface area contributed by atoms with Crippen molar-refractivity contribution in [2.45, 2.75) is 48.5 Å². The second kappa shape index (κ2) is 9.26. The summed E-state index contributed by atoms with van der Waals surface area (Å²) in [5, 5.41) is 21.6. The average Bonchev–Trinajstić information content (AvgIpc) is 2.61. The molecule has 0 aliphatic rings. The van der Waals surface area contributed by atoms with Gasteiger partial charge in [-0.3, -0.25) is 9.78 Å². The lowest BCUT2D eigenvalue weighted by molar-refractivity contribution is -0.131. The molecule has 8 nitrogen and oxygen atoms in total. The van der Waals surface area contributed by atoms with Gasteiger partial charge in [-0.1, -0.05) is 13.8 Å². The number of anilines is 1. The Labute approximate surface area is 172 Å². The highest BCUT2D eigenvalue weighted by Gasteiger charge is 2.31. The average molecular weight is 408 g/mol. The van der Waals surface area contributed by atoms with Crippen LogP contribution in [0.25, 0.3) is 5.76 Å². The number of aryl methyl sites for hydroxylation is 2. The standard InChI is InChI=1S/C21H33N3O5/c1-8-14(15-12(2)24-13(3)16(17(15)22)18(26)27)29-11-21(6,7)19(28)23-9-20(4,5)10-25/h8,25H,9-11H2,1-7H3,(H2,22,24)(H,23,28)(H,26,27)/b14-8+. The van der Waals surface area contributed by atoms with E-state index in [0.29, 0.717) is 29.3 Å². The third kappa shape index (κ3) is 5.93. The number of aliphatic hydroxyl groups is 1. The number of carboxylic acids is 1. The minimum atomic E-state index is -1.16. The number of ether oxygens (including phenoxy) is 1. The predicted molar refractivity (Wildman–Crippen MR) is 112 cm³/mol. The van der Waals surface area contributed by atoms with Crippen molar-refractivity contribution in [3.05, 3.63) is 28.6 Å². The molecule has 0 saturated heterocycles. The van der Waals surface area contributed by atoms with E-state index < -0.39 is 16.8 Å². The smallest absolute Gasteiger partial charge is 0.339 e. The van der Waals surface area contributed by atoms with Gasteiger partial charge in [-0.2, -0.15) is 0 Å². The predicted octanol–water partition coefficient (Wildman–Crippen LogP) is 2.52. The number of carbonyl (C=O) groups excluding carboxylic acids is 1. The number of aliphatic hydroxyl groups excluding tert-OH is 1. The first-order valence-corrected chi connectivity index (χ1v) is 9.46. The number of aromatic carboxylic acids is 1. The zero-order chi connectivity index (χ0) is 22.6. The molecule has 0 aliphatic carbocycles. The summed E-state index contributed by atoms with van der Waals surface area (Å²) in [6.45, 7) is 12.6. The highest BCUT2D eigenvalue weighted by atomic mass is 16.5. The highest BCUT2D eigenvalue weighted by Crippen LogP contribution is 2.31. The molecule has 1 rings (SSSR count). The maximum absolute atomic E-state index is 12.6. The zero-order valence-corrected chi connectivity index (χ0v) is 18.3. The highest BCUT2D eigenvalue weighted by molar-refractivity contribution is 5.97. The fraction of sp³-hybridized carbons (Fsp3) is 0.571. The lowest BCUT2D eigenvalue weighted by Crippen LogP contribution is -2.44. The lowest BCUT2D eigenvalue weighted by atomic mass is 9.91. The van der Waals surface area contributed by atoms with Gasteiger partial charge in [0, 0.05) is 18.6 Å². The number of nitrogens with one attached hydrogen (secondary N) is 1. The van der Waals surface area contributed by atoms with Gasteiger partial charge in [0.2, 0.25) is 5.91 Å². The first-order chi connectivity index (χ1) is 13.3. The number of carbonyl (C=O) groups is 2. The molecule has 0 spiro atoms. The summed E-state index contributed by atoms with van der Waals surface area (Å²) in [6, 6.07) is 0. The van der Waals surface area contributed by atoms with Crippen LogP contribution < -0.4 is 11.1 Å². The first-order valence-electron chi connectivity index (χ1n) is 9.46. The van der Waals surface area contributed by atoms with Gasteiger partial charge in [-0.25, -0.2) is 4.79 Å². The van der Waals surface area contributed by atoms with Crippen LogP contribution in [0.1, 0.15) is 61.9 Å². The third-order valence-corrected chi connectivity index (χ3v) is 4.68. The largest absolute Gasteiger partial charge is 0.492 e. The fourth-order valence-corrected chi connectivity index (χ4v) is 2.70. The van der Waals surface area contributed by atoms with Gasteiger partial charge in [-0.05, 0) is 40.7 Å². The lowest BCUT2D eigenvalue weighted by Gasteiger charge is -2.28. The van der Waals surface area contributed by atoms with Crippen LogP contribution in [0.3, 0.4) is 0 Å². The number of amides is 1. The number of hydrogen-bond donors (Lipinski definition) is 4. The summed E-state index contributed by atoms with van der Waals surface area (Å²) < 4.78 is 5.90. The summed E-state index contributed by atoms with van der Waals surface area (Å²) in [4.78, 5) is 28.4. The summed E-state index contributed by atoms with van der Waals surface area (Å²) in [7, 11) is 0. The number of pyridine rings is 1. The minimum Gasteiger partial charge on any atom is -0.492 e. The molecule has 1 amide bonds. The summed E-state index contributed by atoms with van der Waals surface area (Å²) in [5.74, 6) is -1.01. The van der Waals surface area contributed by atoms with Crippen molar-refractivity contribution in [1.29, 1.82) is 0 Å². The summed E-state index contributed by atoms with van der Waals surface area (Å²) in [6.07, 6.45) is 1.67. The second-order valence-electron chi connectivity index (χ2n) is 8.58. The van der Waals surface area contributed by atoms with Crippen molar-refractivity contribution >= 4 is 23.3 Å². The Morgan fingerprint density at radius 3 is 2.21 bits per heavy atom. The first kappa shape index (κ1) is 24.4. The molecule has 0 fully saturated rings. The number of carboxylic acid groups (broad SMARTS) is 1. The van der Waals surface area contributed by atoms with Crippen LogP contribution in [-0.2, 0) is 9.53 Å². The molecule has 0 unspecified atom stereocenters. The van der Waals surface area contributed by atoms with E-state index >= 15 is 0 Å². The van der Waals surface area contributed by atoms with Crippen LogP contribution in [0.5, 0.6) is 0 Å². The van der Waals surface area contributed by atoms with Crippen LogP contribution in [0.4, 0.5) is 5.69 Å². The molecule has 0 aliphatic heterocycles. The second-order valence-corrected chi connectivity index (χ2v) is 8.58. The molecular weight excluding hydrogens is 374 g/mol. The van der Waals surface area contributed by atoms with Crippen molar-refractivity contribution in [2.24, 2.45) is 10.8 Å². The Hall–Kier alpha value is -2.61. The molecule has 1 aromatic rings. The van der Waals surface area contributed by atoms with Crippen molar-refractivity contribution in [1.82, 2.24) is 10.3 Å². The quantitative estimate of drug-likeness (QED) is 0.462. The van der Waals surface area contributed by atoms with Crippen LogP contribution >= 0.6 is 0 Å². The monoisotopic (exact) mass is 407 g/mol. The van der Waals surface area contributed by atoms with Gasteiger partial charge in [0.1, 0.15) is 17.9 Å². The molecule has 29 heavy (non-hydrogen) atoms. The number of nitrogens with zero attached hydrogens (tertiary/aromatic N) is 1. The van der Waals surface area contributed by atoms with Gasteiger partial charge in [0.15, 0.2) is 0 Å². The number of nitrogens with two attached hydrogens (primary N) is 1. The molecule has 0 radical (unpaired) electrons. The van der Waals surface area contributed by atoms with Crippen molar-refractivity contribution < 1.29 is 24.5 Å². The number of nitrogen functional groups attached to an aromatic ring is 1. The Morgan fingerprint density at radius 1 is 1.17 bits per heavy atom. The van der Waals surface area contributed by atoms with Crippen LogP contribution in [0, 0.1) is 24.7 Å². The molecular formula is C21H33N3O5. The zero-order valence-electron chi connectivity index (χ0n) is 18.3. The fourth-order valence-electron chi connectivity index (χ4n) is 2.70. The molecule has 0 atom stereocenters. The van der Waals surface area contributed by atoms with E-state index in [9.17, 15) is 19.8 Å². The van der Waals surface area contributed by atoms with E-state index in [1.54, 1.807) is 40.7 Å². The van der Waals surface area contributed by atoms with Crippen LogP contribution in [0.2, 0.25) is 0 Å². The normalized spacial score (nSPS) is 12.6. The van der Waals surface area contributed by atoms with Gasteiger partial charge >= 0.3 is 5.97 Å². The maximum Gasteiger partial charge on any atom is 0.339 e. The van der Waals surface area contributed by atoms with E-state index in [4.69, 9.17) is 10.5 Å². The number of aromatic nitrogens is 1. The van der Waals surface area contributed by atoms with E-state index in [1.165, 1.54) is 0 Å². The molecule has 8 heteroatoms. The molecule has 0 bridgehead atoms. The van der Waals surface area contributed by atoms with Crippen LogP contribution in [-0.4, -0.2) is 46.8 Å². The van der Waals surface area contributed by atoms with E-state index in [1.807, 2.05) is 13.8 Å². The van der Waals surface area contributed by atoms with Gasteiger partial charge in [0.05, 0.1) is 28.1 Å². The van der Waals surface area contributed by atoms with Gasteiger partial charge in [-0.15, -0.1) is 0 Å². The Kier molecular flexibility index (Phi) is 7.80. The molecule has 0 saturated carbocycles. The molecule has 0 aromatic carbocycles. The van der Waals surface area contributed by atoms with Crippen molar-refractivity contribution in [2.75, 3.05) is 25.5 Å². The topological polar surface area (TPSA) is 135 Å². The van der Waals surface area contributed by atoms with Crippen molar-refractivity contribution in [3.8, 4) is 0 Å². The van der Waals surface area contributed by atoms with Gasteiger partial charge in [0.25, 0.3) is 0 Å². The molecule has 1 heterocycles. The van der Waals surface area contributed by atoms with E-state index in [0.717, 1.165) is 0 Å². The van der Waals surface area contributed by atoms with Crippen molar-refractivity contribution in [3.63, 3.8) is 0 Å². The number of rotatable bonds is 9. The Morgan fingerprint density at radius 2 is 1.72 bits per heavy atom. The van der Waals surface area contributed by atoms with E-state index in [2.05, 4.69) is 10.3 Å². The summed E-state index contributed by atoms with van der Waals surface area (Å²) >= 11 is 0. The van der Waals surface area contributed by atoms with Gasteiger partial charge < -0.3 is 26.0 Å². The SMILES string of the molecule is C/C=C(/OCC(C)(C)C(=O)NCC(C)(C)CO)c1c(C)nc(C)c(C(=O)O)c1N. The minimum absolute atomic E-state index is 0.0438.